The quantitative estimate of drug-likeness (QED) is 0.235. The lowest BCUT2D eigenvalue weighted by molar-refractivity contribution is -0.137. The number of hydrogen-bond donors (Lipinski definition) is 2. The van der Waals surface area contributed by atoms with E-state index in [4.69, 9.17) is 0 Å². The van der Waals surface area contributed by atoms with Gasteiger partial charge in [-0.1, -0.05) is 12.1 Å². The number of imidazole rings is 1. The van der Waals surface area contributed by atoms with Gasteiger partial charge in [0.15, 0.2) is 5.75 Å². The summed E-state index contributed by atoms with van der Waals surface area (Å²) in [6.45, 7) is 1.85. The molecule has 0 saturated carbocycles. The molecule has 192 valence electrons. The zero-order chi connectivity index (χ0) is 26.7. The van der Waals surface area contributed by atoms with Crippen LogP contribution < -0.4 is 10.3 Å². The highest BCUT2D eigenvalue weighted by atomic mass is 32.1. The average molecular weight is 548 g/mol. The van der Waals surface area contributed by atoms with E-state index in [2.05, 4.69) is 15.4 Å². The van der Waals surface area contributed by atoms with E-state index >= 15 is 0 Å². The fourth-order valence-corrected chi connectivity index (χ4v) is 5.12. The molecule has 3 aromatic heterocycles. The Labute approximate surface area is 217 Å². The summed E-state index contributed by atoms with van der Waals surface area (Å²) in [7, 11) is 1.81. The van der Waals surface area contributed by atoms with Crippen LogP contribution in [0.4, 0.5) is 18.9 Å². The monoisotopic (exact) mass is 547 g/mol. The van der Waals surface area contributed by atoms with Crippen molar-refractivity contribution in [1.82, 2.24) is 14.9 Å². The second-order valence-corrected chi connectivity index (χ2v) is 9.67. The number of hydrogen-bond acceptors (Lipinski definition) is 7. The Balaban J connectivity index is 1.54. The molecule has 1 aromatic carbocycles. The van der Waals surface area contributed by atoms with Crippen LogP contribution >= 0.6 is 22.7 Å². The standard InChI is InChI=1S/C24H20F3N5O3S2/c1-3-30-32(17-12-36-21(20(17)33)14-4-6-15(7-5-14)24(25,26)27)23(35)19-9-8-18(37-19)22(34)29-11-16-10-28-13-31(16)2/h3-10,12-13,33H,11H2,1-2H3,(H,29,34). The third-order valence-corrected chi connectivity index (χ3v) is 7.34. The van der Waals surface area contributed by atoms with Gasteiger partial charge < -0.3 is 15.0 Å². The minimum absolute atomic E-state index is 0.0682. The Morgan fingerprint density at radius 1 is 1.19 bits per heavy atom. The number of nitrogens with zero attached hydrogens (tertiary/aromatic N) is 4. The molecule has 0 aliphatic carbocycles. The van der Waals surface area contributed by atoms with E-state index < -0.39 is 17.6 Å². The van der Waals surface area contributed by atoms with Gasteiger partial charge in [-0.15, -0.1) is 22.7 Å². The van der Waals surface area contributed by atoms with Gasteiger partial charge in [-0.3, -0.25) is 9.59 Å². The van der Waals surface area contributed by atoms with Crippen LogP contribution in [0.25, 0.3) is 10.4 Å². The minimum atomic E-state index is -4.48. The van der Waals surface area contributed by atoms with E-state index in [1.165, 1.54) is 35.9 Å². The molecule has 2 amide bonds. The molecule has 0 atom stereocenters. The molecule has 3 heterocycles. The summed E-state index contributed by atoms with van der Waals surface area (Å²) in [5, 5.41) is 20.2. The zero-order valence-corrected chi connectivity index (χ0v) is 21.1. The maximum absolute atomic E-state index is 13.3. The number of carbonyl (C=O) groups excluding carboxylic acids is 2. The Morgan fingerprint density at radius 2 is 1.89 bits per heavy atom. The lowest BCUT2D eigenvalue weighted by Gasteiger charge is -2.15. The topological polar surface area (TPSA) is 99.8 Å². The fourth-order valence-electron chi connectivity index (χ4n) is 3.34. The SMILES string of the molecule is CC=NN(C(=O)c1ccc(C(=O)NCc2cncn2C)s1)c1csc(-c2ccc(C(F)(F)F)cc2)c1O. The Kier molecular flexibility index (Phi) is 7.45. The summed E-state index contributed by atoms with van der Waals surface area (Å²) < 4.78 is 40.4. The molecule has 0 unspecified atom stereocenters. The molecule has 8 nitrogen and oxygen atoms in total. The second-order valence-electron chi connectivity index (χ2n) is 7.71. The number of halogens is 3. The predicted molar refractivity (Wildman–Crippen MR) is 136 cm³/mol. The van der Waals surface area contributed by atoms with Crippen LogP contribution in [-0.2, 0) is 19.8 Å². The van der Waals surface area contributed by atoms with E-state index in [1.807, 2.05) is 7.05 Å². The van der Waals surface area contributed by atoms with Gasteiger partial charge >= 0.3 is 6.18 Å². The highest BCUT2D eigenvalue weighted by Crippen LogP contribution is 2.44. The van der Waals surface area contributed by atoms with Crippen molar-refractivity contribution >= 4 is 46.4 Å². The van der Waals surface area contributed by atoms with Gasteiger partial charge in [-0.25, -0.2) is 4.98 Å². The number of anilines is 1. The first-order valence-electron chi connectivity index (χ1n) is 10.7. The Hall–Kier alpha value is -3.97. The van der Waals surface area contributed by atoms with Gasteiger partial charge in [-0.05, 0) is 36.8 Å². The second kappa shape index (κ2) is 10.6. The number of amides is 2. The average Bonchev–Trinajstić information content (AvgIpc) is 3.60. The number of benzene rings is 1. The van der Waals surface area contributed by atoms with Crippen LogP contribution in [0.15, 0.2) is 59.4 Å². The van der Waals surface area contributed by atoms with Gasteiger partial charge in [-0.2, -0.15) is 23.3 Å². The van der Waals surface area contributed by atoms with Gasteiger partial charge in [0.05, 0.1) is 38.8 Å². The van der Waals surface area contributed by atoms with Crippen molar-refractivity contribution in [3.8, 4) is 16.2 Å². The molecule has 37 heavy (non-hydrogen) atoms. The molecule has 13 heteroatoms. The predicted octanol–water partition coefficient (Wildman–Crippen LogP) is 5.52. The van der Waals surface area contributed by atoms with Crippen molar-refractivity contribution in [2.75, 3.05) is 5.01 Å². The molecular formula is C24H20F3N5O3S2. The van der Waals surface area contributed by atoms with Crippen molar-refractivity contribution in [3.05, 3.63) is 75.3 Å². The molecule has 2 N–H and O–H groups in total. The molecule has 0 aliphatic heterocycles. The molecule has 4 rings (SSSR count). The van der Waals surface area contributed by atoms with Crippen molar-refractivity contribution in [2.24, 2.45) is 12.1 Å². The highest BCUT2D eigenvalue weighted by Gasteiger charge is 2.30. The first kappa shape index (κ1) is 26.1. The van der Waals surface area contributed by atoms with Gasteiger partial charge in [0, 0.05) is 24.8 Å². The maximum Gasteiger partial charge on any atom is 0.416 e. The van der Waals surface area contributed by atoms with E-state index in [1.54, 1.807) is 24.0 Å². The third kappa shape index (κ3) is 5.57. The van der Waals surface area contributed by atoms with Gasteiger partial charge in [0.1, 0.15) is 5.69 Å². The van der Waals surface area contributed by atoms with E-state index in [0.717, 1.165) is 45.5 Å². The maximum atomic E-state index is 13.3. The molecular weight excluding hydrogens is 527 g/mol. The minimum Gasteiger partial charge on any atom is -0.504 e. The van der Waals surface area contributed by atoms with E-state index in [0.29, 0.717) is 10.4 Å². The number of carbonyl (C=O) groups is 2. The lowest BCUT2D eigenvalue weighted by Crippen LogP contribution is -2.24. The molecule has 4 aromatic rings. The molecule has 0 aliphatic rings. The highest BCUT2D eigenvalue weighted by molar-refractivity contribution is 7.16. The Bertz CT molecular complexity index is 1450. The van der Waals surface area contributed by atoms with Gasteiger partial charge in [0.2, 0.25) is 0 Å². The number of aryl methyl sites for hydroxylation is 1. The fraction of sp³-hybridized carbons (Fsp3) is 0.167. The van der Waals surface area contributed by atoms with E-state index in [9.17, 15) is 27.9 Å². The van der Waals surface area contributed by atoms with Crippen molar-refractivity contribution in [3.63, 3.8) is 0 Å². The summed E-state index contributed by atoms with van der Waals surface area (Å²) in [5.41, 5.74) is 0.427. The number of aromatic hydroxyl groups is 1. The summed E-state index contributed by atoms with van der Waals surface area (Å²) in [6, 6.07) is 7.36. The van der Waals surface area contributed by atoms with Crippen LogP contribution in [0.5, 0.6) is 5.75 Å². The van der Waals surface area contributed by atoms with Crippen LogP contribution in [0.2, 0.25) is 0 Å². The molecule has 0 spiro atoms. The molecule has 0 radical (unpaired) electrons. The van der Waals surface area contributed by atoms with Crippen molar-refractivity contribution < 1.29 is 27.9 Å². The smallest absolute Gasteiger partial charge is 0.416 e. The number of hydrazone groups is 1. The number of thiophene rings is 2. The Morgan fingerprint density at radius 3 is 2.51 bits per heavy atom. The summed E-state index contributed by atoms with van der Waals surface area (Å²) in [6.07, 6.45) is 0.142. The summed E-state index contributed by atoms with van der Waals surface area (Å²) in [5.74, 6) is -1.24. The van der Waals surface area contributed by atoms with Crippen molar-refractivity contribution in [1.29, 1.82) is 0 Å². The number of aromatic nitrogens is 2. The zero-order valence-electron chi connectivity index (χ0n) is 19.5. The van der Waals surface area contributed by atoms with E-state index in [-0.39, 0.29) is 33.6 Å². The van der Waals surface area contributed by atoms with Crippen molar-refractivity contribution in [2.45, 2.75) is 19.6 Å². The lowest BCUT2D eigenvalue weighted by atomic mass is 10.1. The molecule has 0 fully saturated rings. The summed E-state index contributed by atoms with van der Waals surface area (Å²) >= 11 is 2.03. The summed E-state index contributed by atoms with van der Waals surface area (Å²) in [4.78, 5) is 30.6. The molecule has 0 bridgehead atoms. The van der Waals surface area contributed by atoms with Gasteiger partial charge in [0.25, 0.3) is 11.8 Å². The van der Waals surface area contributed by atoms with Crippen LogP contribution in [-0.4, -0.2) is 32.7 Å². The first-order valence-corrected chi connectivity index (χ1v) is 12.4. The number of alkyl halides is 3. The van der Waals surface area contributed by atoms with Crippen LogP contribution in [0.3, 0.4) is 0 Å². The number of nitrogens with one attached hydrogen (secondary N) is 1. The molecule has 0 saturated heterocycles. The van der Waals surface area contributed by atoms with Crippen LogP contribution in [0.1, 0.15) is 37.5 Å². The number of rotatable bonds is 7. The normalized spacial score (nSPS) is 11.7. The first-order chi connectivity index (χ1) is 17.6. The third-order valence-electron chi connectivity index (χ3n) is 5.26. The van der Waals surface area contributed by atoms with Crippen LogP contribution in [0, 0.1) is 0 Å². The largest absolute Gasteiger partial charge is 0.504 e.